The minimum atomic E-state index is -3.80. The van der Waals surface area contributed by atoms with E-state index in [4.69, 9.17) is 9.47 Å². The van der Waals surface area contributed by atoms with Crippen LogP contribution in [0.2, 0.25) is 0 Å². The molecule has 2 aromatic rings. The summed E-state index contributed by atoms with van der Waals surface area (Å²) in [5.41, 5.74) is 0.904. The molecular weight excluding hydrogens is 416 g/mol. The second kappa shape index (κ2) is 9.60. The Labute approximate surface area is 183 Å². The van der Waals surface area contributed by atoms with Gasteiger partial charge in [0.25, 0.3) is 15.9 Å². The predicted molar refractivity (Wildman–Crippen MR) is 118 cm³/mol. The van der Waals surface area contributed by atoms with Gasteiger partial charge in [0.15, 0.2) is 11.5 Å². The van der Waals surface area contributed by atoms with E-state index in [9.17, 15) is 13.2 Å². The fourth-order valence-electron chi connectivity index (χ4n) is 3.91. The molecule has 1 aliphatic carbocycles. The van der Waals surface area contributed by atoms with E-state index in [0.29, 0.717) is 36.0 Å². The molecule has 0 bridgehead atoms. The lowest BCUT2D eigenvalue weighted by Gasteiger charge is -2.16. The Hall–Kier alpha value is -2.74. The lowest BCUT2D eigenvalue weighted by atomic mass is 10.1. The number of anilines is 1. The first kappa shape index (κ1) is 21.5. The Balaban J connectivity index is 1.42. The highest BCUT2D eigenvalue weighted by Crippen LogP contribution is 2.32. The molecule has 4 rings (SSSR count). The molecule has 7 nitrogen and oxygen atoms in total. The number of nitrogens with one attached hydrogen (secondary N) is 2. The molecule has 1 amide bonds. The molecule has 0 aromatic heterocycles. The molecule has 0 radical (unpaired) electrons. The van der Waals surface area contributed by atoms with Gasteiger partial charge in [-0.05, 0) is 49.2 Å². The third-order valence-electron chi connectivity index (χ3n) is 5.62. The number of ether oxygens (including phenoxy) is 2. The lowest BCUT2D eigenvalue weighted by Crippen LogP contribution is -2.34. The predicted octanol–water partition coefficient (Wildman–Crippen LogP) is 4.10. The molecule has 31 heavy (non-hydrogen) atoms. The van der Waals surface area contributed by atoms with Gasteiger partial charge in [-0.15, -0.1) is 0 Å². The third-order valence-corrected chi connectivity index (χ3v) is 7.00. The maximum absolute atomic E-state index is 12.8. The molecule has 1 fully saturated rings. The van der Waals surface area contributed by atoms with Crippen molar-refractivity contribution >= 4 is 21.6 Å². The quantitative estimate of drug-likeness (QED) is 0.677. The Morgan fingerprint density at radius 3 is 2.23 bits per heavy atom. The number of fused-ring (bicyclic) bond motifs is 1. The van der Waals surface area contributed by atoms with Crippen LogP contribution in [0.5, 0.6) is 11.5 Å². The molecule has 8 heteroatoms. The van der Waals surface area contributed by atoms with E-state index in [0.717, 1.165) is 32.1 Å². The number of rotatable bonds is 5. The van der Waals surface area contributed by atoms with Crippen molar-refractivity contribution in [2.75, 3.05) is 17.9 Å². The fraction of sp³-hybridized carbons (Fsp3) is 0.435. The number of hydrogen-bond donors (Lipinski definition) is 2. The van der Waals surface area contributed by atoms with E-state index in [1.165, 1.54) is 25.0 Å². The number of carbonyl (C=O) groups excluding carboxylic acids is 1. The van der Waals surface area contributed by atoms with Crippen LogP contribution >= 0.6 is 0 Å². The van der Waals surface area contributed by atoms with E-state index in [2.05, 4.69) is 10.0 Å². The van der Waals surface area contributed by atoms with E-state index < -0.39 is 10.0 Å². The summed E-state index contributed by atoms with van der Waals surface area (Å²) in [4.78, 5) is 12.6. The molecule has 0 unspecified atom stereocenters. The second-order valence-corrected chi connectivity index (χ2v) is 9.69. The SMILES string of the molecule is O=C(NC1CCCCCC1)c1ccc(NS(=O)(=O)c2ccc3c(c2)OCCCO3)cc1. The Bertz CT molecular complexity index is 1010. The largest absolute Gasteiger partial charge is 0.490 e. The van der Waals surface area contributed by atoms with Crippen LogP contribution in [0.15, 0.2) is 47.4 Å². The van der Waals surface area contributed by atoms with E-state index in [-0.39, 0.29) is 16.8 Å². The lowest BCUT2D eigenvalue weighted by molar-refractivity contribution is 0.0933. The molecule has 1 heterocycles. The van der Waals surface area contributed by atoms with Gasteiger partial charge in [0.1, 0.15) is 0 Å². The maximum atomic E-state index is 12.8. The topological polar surface area (TPSA) is 93.7 Å². The van der Waals surface area contributed by atoms with E-state index in [1.54, 1.807) is 30.3 Å². The van der Waals surface area contributed by atoms with E-state index >= 15 is 0 Å². The smallest absolute Gasteiger partial charge is 0.262 e. The van der Waals surface area contributed by atoms with Crippen molar-refractivity contribution < 1.29 is 22.7 Å². The first-order valence-corrected chi connectivity index (χ1v) is 12.3. The van der Waals surface area contributed by atoms with Crippen LogP contribution in [0.1, 0.15) is 55.3 Å². The Morgan fingerprint density at radius 2 is 1.52 bits per heavy atom. The van der Waals surface area contributed by atoms with Crippen LogP contribution in [-0.2, 0) is 10.0 Å². The standard InChI is InChI=1S/C23H28N2O5S/c26-23(24-18-6-3-1-2-4-7-18)17-8-10-19(11-9-17)25-31(27,28)20-12-13-21-22(16-20)30-15-5-14-29-21/h8-13,16,18,25H,1-7,14-15H2,(H,24,26). The summed E-state index contributed by atoms with van der Waals surface area (Å²) in [6, 6.07) is 11.3. The summed E-state index contributed by atoms with van der Waals surface area (Å²) in [6.07, 6.45) is 7.51. The van der Waals surface area contributed by atoms with Crippen LogP contribution in [-0.4, -0.2) is 33.6 Å². The summed E-state index contributed by atoms with van der Waals surface area (Å²) in [7, 11) is -3.80. The van der Waals surface area contributed by atoms with Gasteiger partial charge >= 0.3 is 0 Å². The van der Waals surface area contributed by atoms with E-state index in [1.807, 2.05) is 0 Å². The minimum absolute atomic E-state index is 0.0898. The van der Waals surface area contributed by atoms with Crippen molar-refractivity contribution in [3.63, 3.8) is 0 Å². The van der Waals surface area contributed by atoms with Gasteiger partial charge in [-0.3, -0.25) is 9.52 Å². The number of hydrogen-bond acceptors (Lipinski definition) is 5. The molecule has 1 saturated carbocycles. The molecular formula is C23H28N2O5S. The van der Waals surface area contributed by atoms with Gasteiger partial charge in [-0.25, -0.2) is 8.42 Å². The van der Waals surface area contributed by atoms with Gasteiger partial charge < -0.3 is 14.8 Å². The molecule has 0 atom stereocenters. The van der Waals surface area contributed by atoms with Crippen LogP contribution in [0.4, 0.5) is 5.69 Å². The van der Waals surface area contributed by atoms with Gasteiger partial charge in [-0.1, -0.05) is 25.7 Å². The molecule has 0 saturated heterocycles. The van der Waals surface area contributed by atoms with Crippen molar-refractivity contribution in [2.24, 2.45) is 0 Å². The van der Waals surface area contributed by atoms with Crippen molar-refractivity contribution in [1.29, 1.82) is 0 Å². The van der Waals surface area contributed by atoms with Crippen molar-refractivity contribution in [3.8, 4) is 11.5 Å². The summed E-state index contributed by atoms with van der Waals surface area (Å²) in [5, 5.41) is 3.10. The number of amides is 1. The van der Waals surface area contributed by atoms with Crippen molar-refractivity contribution in [1.82, 2.24) is 5.32 Å². The third kappa shape index (κ3) is 5.50. The van der Waals surface area contributed by atoms with Crippen LogP contribution in [0, 0.1) is 0 Å². The zero-order valence-corrected chi connectivity index (χ0v) is 18.2. The van der Waals surface area contributed by atoms with Gasteiger partial charge in [0, 0.05) is 29.8 Å². The van der Waals surface area contributed by atoms with Crippen LogP contribution in [0.25, 0.3) is 0 Å². The van der Waals surface area contributed by atoms with Crippen LogP contribution < -0.4 is 19.5 Å². The van der Waals surface area contributed by atoms with Crippen molar-refractivity contribution in [2.45, 2.75) is 55.9 Å². The highest BCUT2D eigenvalue weighted by atomic mass is 32.2. The average Bonchev–Trinajstić information content (AvgIpc) is 3.16. The number of benzene rings is 2. The normalized spacial score (nSPS) is 17.3. The molecule has 2 aliphatic rings. The Kier molecular flexibility index (Phi) is 6.65. The Morgan fingerprint density at radius 1 is 0.839 bits per heavy atom. The number of sulfonamides is 1. The second-order valence-electron chi connectivity index (χ2n) is 8.00. The average molecular weight is 445 g/mol. The molecule has 1 aliphatic heterocycles. The fourth-order valence-corrected chi connectivity index (χ4v) is 4.98. The van der Waals surface area contributed by atoms with Gasteiger partial charge in [-0.2, -0.15) is 0 Å². The zero-order valence-electron chi connectivity index (χ0n) is 17.4. The first-order chi connectivity index (χ1) is 15.0. The molecule has 0 spiro atoms. The molecule has 166 valence electrons. The molecule has 2 aromatic carbocycles. The van der Waals surface area contributed by atoms with Gasteiger partial charge in [0.2, 0.25) is 0 Å². The zero-order chi connectivity index (χ0) is 21.7. The van der Waals surface area contributed by atoms with Crippen LogP contribution in [0.3, 0.4) is 0 Å². The number of carbonyl (C=O) groups is 1. The molecule has 2 N–H and O–H groups in total. The van der Waals surface area contributed by atoms with Crippen molar-refractivity contribution in [3.05, 3.63) is 48.0 Å². The highest BCUT2D eigenvalue weighted by Gasteiger charge is 2.20. The monoisotopic (exact) mass is 444 g/mol. The maximum Gasteiger partial charge on any atom is 0.262 e. The summed E-state index contributed by atoms with van der Waals surface area (Å²) in [6.45, 7) is 1.02. The highest BCUT2D eigenvalue weighted by molar-refractivity contribution is 7.92. The first-order valence-electron chi connectivity index (χ1n) is 10.8. The minimum Gasteiger partial charge on any atom is -0.490 e. The summed E-state index contributed by atoms with van der Waals surface area (Å²) < 4.78 is 39.3. The summed E-state index contributed by atoms with van der Waals surface area (Å²) in [5.74, 6) is 0.843. The summed E-state index contributed by atoms with van der Waals surface area (Å²) >= 11 is 0. The van der Waals surface area contributed by atoms with Gasteiger partial charge in [0.05, 0.1) is 18.1 Å².